The summed E-state index contributed by atoms with van der Waals surface area (Å²) in [5, 5.41) is 0. The van der Waals surface area contributed by atoms with Gasteiger partial charge >= 0.3 is 0 Å². The molecule has 2 aliphatic rings. The third kappa shape index (κ3) is 2.69. The van der Waals surface area contributed by atoms with Crippen LogP contribution in [0.4, 0.5) is 0 Å². The van der Waals surface area contributed by atoms with Gasteiger partial charge in [-0.15, -0.1) is 0 Å². The van der Waals surface area contributed by atoms with Crippen LogP contribution in [0.25, 0.3) is 0 Å². The lowest BCUT2D eigenvalue weighted by Gasteiger charge is -2.43. The molecule has 1 aromatic carbocycles. The van der Waals surface area contributed by atoms with Crippen LogP contribution in [-0.2, 0) is 6.42 Å². The fraction of sp³-hybridized carbons (Fsp3) is 0.667. The van der Waals surface area contributed by atoms with E-state index in [-0.39, 0.29) is 17.7 Å². The van der Waals surface area contributed by atoms with E-state index in [1.54, 1.807) is 0 Å². The van der Waals surface area contributed by atoms with Gasteiger partial charge in [-0.05, 0) is 52.6 Å². The fourth-order valence-electron chi connectivity index (χ4n) is 3.91. The number of hydrogen-bond acceptors (Lipinski definition) is 3. The summed E-state index contributed by atoms with van der Waals surface area (Å²) in [5.74, 6) is 1.09. The SMILES string of the molecule is CC(C)N1CCCC(N)C1c1cccc2c1OC(C)(C)C2. The number of rotatable bonds is 2. The normalized spacial score (nSPS) is 28.5. The van der Waals surface area contributed by atoms with E-state index >= 15 is 0 Å². The first kappa shape index (κ1) is 14.9. The van der Waals surface area contributed by atoms with Gasteiger partial charge in [-0.25, -0.2) is 0 Å². The van der Waals surface area contributed by atoms with E-state index in [0.717, 1.165) is 25.1 Å². The molecule has 2 heterocycles. The molecule has 1 fully saturated rings. The number of nitrogens with two attached hydrogens (primary N) is 1. The van der Waals surface area contributed by atoms with E-state index in [1.807, 2.05) is 0 Å². The molecule has 21 heavy (non-hydrogen) atoms. The molecule has 0 aliphatic carbocycles. The molecule has 0 amide bonds. The number of nitrogens with zero attached hydrogens (tertiary/aromatic N) is 1. The molecule has 116 valence electrons. The molecule has 3 nitrogen and oxygen atoms in total. The molecule has 1 saturated heterocycles. The van der Waals surface area contributed by atoms with Gasteiger partial charge in [0.2, 0.25) is 0 Å². The second-order valence-electron chi connectivity index (χ2n) is 7.46. The highest BCUT2D eigenvalue weighted by molar-refractivity contribution is 5.48. The van der Waals surface area contributed by atoms with Gasteiger partial charge in [0.1, 0.15) is 11.4 Å². The number of benzene rings is 1. The maximum atomic E-state index is 6.50. The molecular weight excluding hydrogens is 260 g/mol. The minimum Gasteiger partial charge on any atom is -0.487 e. The average Bonchev–Trinajstić information content (AvgIpc) is 2.72. The van der Waals surface area contributed by atoms with Crippen molar-refractivity contribution < 1.29 is 4.74 Å². The average molecular weight is 288 g/mol. The molecule has 2 N–H and O–H groups in total. The number of likely N-dealkylation sites (tertiary alicyclic amines) is 1. The molecule has 3 heteroatoms. The Morgan fingerprint density at radius 3 is 2.81 bits per heavy atom. The van der Waals surface area contributed by atoms with Crippen molar-refractivity contribution in [2.24, 2.45) is 5.73 Å². The topological polar surface area (TPSA) is 38.5 Å². The first-order chi connectivity index (χ1) is 9.89. The maximum Gasteiger partial charge on any atom is 0.128 e. The van der Waals surface area contributed by atoms with Gasteiger partial charge in [-0.3, -0.25) is 4.90 Å². The molecule has 0 aromatic heterocycles. The number of piperidine rings is 1. The van der Waals surface area contributed by atoms with Gasteiger partial charge in [0.15, 0.2) is 0 Å². The molecule has 2 unspecified atom stereocenters. The molecule has 3 rings (SSSR count). The number of ether oxygens (including phenoxy) is 1. The zero-order chi connectivity index (χ0) is 15.2. The van der Waals surface area contributed by atoms with Gasteiger partial charge in [0.05, 0.1) is 6.04 Å². The van der Waals surface area contributed by atoms with Crippen LogP contribution in [0.5, 0.6) is 5.75 Å². The first-order valence-electron chi connectivity index (χ1n) is 8.21. The molecule has 0 saturated carbocycles. The van der Waals surface area contributed by atoms with Crippen LogP contribution in [0.1, 0.15) is 57.7 Å². The van der Waals surface area contributed by atoms with Gasteiger partial charge < -0.3 is 10.5 Å². The Bertz CT molecular complexity index is 524. The Morgan fingerprint density at radius 1 is 1.33 bits per heavy atom. The van der Waals surface area contributed by atoms with Gasteiger partial charge in [-0.1, -0.05) is 18.2 Å². The Balaban J connectivity index is 2.02. The first-order valence-corrected chi connectivity index (χ1v) is 8.21. The minimum atomic E-state index is -0.0974. The van der Waals surface area contributed by atoms with E-state index in [0.29, 0.717) is 6.04 Å². The molecule has 1 aromatic rings. The van der Waals surface area contributed by atoms with E-state index < -0.39 is 0 Å². The van der Waals surface area contributed by atoms with Gasteiger partial charge in [0, 0.05) is 24.1 Å². The second-order valence-corrected chi connectivity index (χ2v) is 7.46. The van der Waals surface area contributed by atoms with Crippen molar-refractivity contribution in [2.75, 3.05) is 6.54 Å². The largest absolute Gasteiger partial charge is 0.487 e. The predicted octanol–water partition coefficient (Wildman–Crippen LogP) is 3.27. The summed E-state index contributed by atoms with van der Waals surface area (Å²) in [6, 6.07) is 7.56. The Hall–Kier alpha value is -1.06. The van der Waals surface area contributed by atoms with Gasteiger partial charge in [-0.2, -0.15) is 0 Å². The van der Waals surface area contributed by atoms with Crippen LogP contribution in [-0.4, -0.2) is 29.1 Å². The van der Waals surface area contributed by atoms with E-state index in [9.17, 15) is 0 Å². The highest BCUT2D eigenvalue weighted by Crippen LogP contribution is 2.43. The molecule has 2 aliphatic heterocycles. The summed E-state index contributed by atoms with van der Waals surface area (Å²) in [6.45, 7) is 9.98. The van der Waals surface area contributed by atoms with Crippen molar-refractivity contribution in [3.05, 3.63) is 29.3 Å². The summed E-state index contributed by atoms with van der Waals surface area (Å²) < 4.78 is 6.27. The van der Waals surface area contributed by atoms with E-state index in [4.69, 9.17) is 10.5 Å². The highest BCUT2D eigenvalue weighted by Gasteiger charge is 2.38. The molecule has 2 atom stereocenters. The number of fused-ring (bicyclic) bond motifs is 1. The Labute approximate surface area is 128 Å². The lowest BCUT2D eigenvalue weighted by molar-refractivity contribution is 0.0868. The second kappa shape index (κ2) is 5.29. The Kier molecular flexibility index (Phi) is 3.74. The quantitative estimate of drug-likeness (QED) is 0.907. The summed E-state index contributed by atoms with van der Waals surface area (Å²) >= 11 is 0. The smallest absolute Gasteiger partial charge is 0.128 e. The Morgan fingerprint density at radius 2 is 2.10 bits per heavy atom. The van der Waals surface area contributed by atoms with Crippen molar-refractivity contribution in [3.8, 4) is 5.75 Å². The number of hydrogen-bond donors (Lipinski definition) is 1. The summed E-state index contributed by atoms with van der Waals surface area (Å²) in [7, 11) is 0. The van der Waals surface area contributed by atoms with Crippen LogP contribution in [0.3, 0.4) is 0 Å². The molecule has 0 spiro atoms. The fourth-order valence-corrected chi connectivity index (χ4v) is 3.91. The van der Waals surface area contributed by atoms with Crippen LogP contribution in [0, 0.1) is 0 Å². The summed E-state index contributed by atoms with van der Waals surface area (Å²) in [5.41, 5.74) is 9.03. The minimum absolute atomic E-state index is 0.0974. The maximum absolute atomic E-state index is 6.50. The third-order valence-corrected chi connectivity index (χ3v) is 4.82. The van der Waals surface area contributed by atoms with Crippen molar-refractivity contribution in [1.29, 1.82) is 0 Å². The van der Waals surface area contributed by atoms with Crippen LogP contribution >= 0.6 is 0 Å². The zero-order valence-corrected chi connectivity index (χ0v) is 13.7. The zero-order valence-electron chi connectivity index (χ0n) is 13.7. The lowest BCUT2D eigenvalue weighted by atomic mass is 9.88. The summed E-state index contributed by atoms with van der Waals surface area (Å²) in [4.78, 5) is 2.54. The van der Waals surface area contributed by atoms with Crippen molar-refractivity contribution in [3.63, 3.8) is 0 Å². The van der Waals surface area contributed by atoms with Crippen molar-refractivity contribution in [2.45, 2.75) is 70.7 Å². The highest BCUT2D eigenvalue weighted by atomic mass is 16.5. The monoisotopic (exact) mass is 288 g/mol. The lowest BCUT2D eigenvalue weighted by Crippen LogP contribution is -2.48. The molecule has 0 radical (unpaired) electrons. The van der Waals surface area contributed by atoms with Crippen LogP contribution in [0.15, 0.2) is 18.2 Å². The van der Waals surface area contributed by atoms with E-state index in [1.165, 1.54) is 17.5 Å². The molecule has 0 bridgehead atoms. The third-order valence-electron chi connectivity index (χ3n) is 4.82. The van der Waals surface area contributed by atoms with Crippen LogP contribution < -0.4 is 10.5 Å². The van der Waals surface area contributed by atoms with Crippen molar-refractivity contribution in [1.82, 2.24) is 4.90 Å². The summed E-state index contributed by atoms with van der Waals surface area (Å²) in [6.07, 6.45) is 3.28. The number of para-hydroxylation sites is 1. The predicted molar refractivity (Wildman–Crippen MR) is 86.6 cm³/mol. The molecular formula is C18H28N2O. The standard InChI is InChI=1S/C18H28N2O/c1-12(2)20-10-6-9-15(19)16(20)14-8-5-7-13-11-18(3,4)21-17(13)14/h5,7-8,12,15-16H,6,9-11,19H2,1-4H3. The van der Waals surface area contributed by atoms with E-state index in [2.05, 4.69) is 50.8 Å². The van der Waals surface area contributed by atoms with Gasteiger partial charge in [0.25, 0.3) is 0 Å². The van der Waals surface area contributed by atoms with Crippen molar-refractivity contribution >= 4 is 0 Å². The van der Waals surface area contributed by atoms with Crippen LogP contribution in [0.2, 0.25) is 0 Å².